The number of hydrogen-bond donors (Lipinski definition) is 1. The van der Waals surface area contributed by atoms with E-state index in [-0.39, 0.29) is 17.4 Å². The van der Waals surface area contributed by atoms with Gasteiger partial charge in [-0.3, -0.25) is 0 Å². The fourth-order valence-electron chi connectivity index (χ4n) is 2.81. The van der Waals surface area contributed by atoms with Crippen molar-refractivity contribution in [2.45, 2.75) is 47.6 Å². The molecule has 0 bridgehead atoms. The Labute approximate surface area is 122 Å². The quantitative estimate of drug-likeness (QED) is 0.605. The molecule has 0 aromatic heterocycles. The van der Waals surface area contributed by atoms with Crippen molar-refractivity contribution in [2.75, 3.05) is 0 Å². The number of aliphatic hydroxyl groups excluding tert-OH is 1. The SMILES string of the molecule is CC1SC(Br)C(C(O)C2C=C[C@@H](Cl)CC2)C1C. The van der Waals surface area contributed by atoms with Gasteiger partial charge in [-0.25, -0.2) is 0 Å². The van der Waals surface area contributed by atoms with Gasteiger partial charge in [0.1, 0.15) is 0 Å². The summed E-state index contributed by atoms with van der Waals surface area (Å²) in [4.78, 5) is 0. The largest absolute Gasteiger partial charge is 0.392 e. The molecule has 1 fully saturated rings. The zero-order valence-corrected chi connectivity index (χ0v) is 13.4. The molecule has 2 rings (SSSR count). The van der Waals surface area contributed by atoms with Crippen LogP contribution in [0.5, 0.6) is 0 Å². The minimum Gasteiger partial charge on any atom is -0.392 e. The van der Waals surface area contributed by atoms with Crippen LogP contribution in [-0.2, 0) is 0 Å². The molecule has 98 valence electrons. The van der Waals surface area contributed by atoms with Crippen LogP contribution in [0.3, 0.4) is 0 Å². The number of rotatable bonds is 2. The fourth-order valence-corrected chi connectivity index (χ4v) is 6.27. The van der Waals surface area contributed by atoms with E-state index in [1.165, 1.54) is 0 Å². The van der Waals surface area contributed by atoms with Crippen molar-refractivity contribution in [3.63, 3.8) is 0 Å². The van der Waals surface area contributed by atoms with E-state index in [1.807, 2.05) is 17.8 Å². The Balaban J connectivity index is 2.04. The second-order valence-corrected chi connectivity index (χ2v) is 8.94. The van der Waals surface area contributed by atoms with Gasteiger partial charge in [-0.15, -0.1) is 23.4 Å². The molecule has 1 heterocycles. The van der Waals surface area contributed by atoms with Gasteiger partial charge in [0.25, 0.3) is 0 Å². The summed E-state index contributed by atoms with van der Waals surface area (Å²) in [6, 6.07) is 0. The van der Waals surface area contributed by atoms with Gasteiger partial charge < -0.3 is 5.11 Å². The van der Waals surface area contributed by atoms with Gasteiger partial charge in [0, 0.05) is 17.1 Å². The third-order valence-electron chi connectivity index (χ3n) is 4.17. The van der Waals surface area contributed by atoms with Crippen molar-refractivity contribution in [1.82, 2.24) is 0 Å². The van der Waals surface area contributed by atoms with Crippen molar-refractivity contribution in [1.29, 1.82) is 0 Å². The summed E-state index contributed by atoms with van der Waals surface area (Å²) in [6.45, 7) is 4.51. The van der Waals surface area contributed by atoms with Gasteiger partial charge in [-0.05, 0) is 18.8 Å². The molecule has 0 radical (unpaired) electrons. The molecule has 1 nitrogen and oxygen atoms in total. The Hall–Kier alpha value is 0.820. The molecule has 1 aliphatic carbocycles. The lowest BCUT2D eigenvalue weighted by atomic mass is 9.79. The summed E-state index contributed by atoms with van der Waals surface area (Å²) in [5, 5.41) is 11.4. The summed E-state index contributed by atoms with van der Waals surface area (Å²) in [6.07, 6.45) is 5.90. The maximum Gasteiger partial charge on any atom is 0.0658 e. The van der Waals surface area contributed by atoms with Crippen LogP contribution in [0, 0.1) is 17.8 Å². The van der Waals surface area contributed by atoms with Crippen molar-refractivity contribution in [3.05, 3.63) is 12.2 Å². The smallest absolute Gasteiger partial charge is 0.0658 e. The van der Waals surface area contributed by atoms with Gasteiger partial charge >= 0.3 is 0 Å². The lowest BCUT2D eigenvalue weighted by Gasteiger charge is -2.32. The monoisotopic (exact) mass is 338 g/mol. The van der Waals surface area contributed by atoms with Crippen LogP contribution >= 0.6 is 39.3 Å². The number of thioether (sulfide) groups is 1. The van der Waals surface area contributed by atoms with Crippen LogP contribution in [-0.4, -0.2) is 26.0 Å². The topological polar surface area (TPSA) is 20.2 Å². The molecule has 6 unspecified atom stereocenters. The molecule has 1 N–H and O–H groups in total. The molecule has 0 saturated carbocycles. The van der Waals surface area contributed by atoms with E-state index in [0.717, 1.165) is 12.8 Å². The third-order valence-corrected chi connectivity index (χ3v) is 7.23. The van der Waals surface area contributed by atoms with Crippen LogP contribution in [0.25, 0.3) is 0 Å². The molecule has 17 heavy (non-hydrogen) atoms. The first kappa shape index (κ1) is 14.2. The summed E-state index contributed by atoms with van der Waals surface area (Å²) in [5.74, 6) is 1.18. The standard InChI is InChI=1S/C13H20BrClOS/c1-7-8(2)17-13(14)11(7)12(16)9-3-5-10(15)6-4-9/h3,5,7-13,16H,4,6H2,1-2H3/t7?,8?,9?,10-,11?,12?,13?/m1/s1. The molecular weight excluding hydrogens is 320 g/mol. The average Bonchev–Trinajstić information content (AvgIpc) is 2.53. The summed E-state index contributed by atoms with van der Waals surface area (Å²) in [5.41, 5.74) is 0. The van der Waals surface area contributed by atoms with E-state index < -0.39 is 0 Å². The van der Waals surface area contributed by atoms with Crippen molar-refractivity contribution < 1.29 is 5.11 Å². The molecule has 2 aliphatic rings. The van der Waals surface area contributed by atoms with Crippen molar-refractivity contribution in [2.24, 2.45) is 17.8 Å². The Morgan fingerprint density at radius 2 is 2.06 bits per heavy atom. The Kier molecular flexibility index (Phi) is 4.90. The molecule has 7 atom stereocenters. The second kappa shape index (κ2) is 5.85. The van der Waals surface area contributed by atoms with E-state index in [9.17, 15) is 5.11 Å². The van der Waals surface area contributed by atoms with E-state index in [0.29, 0.717) is 21.2 Å². The number of aliphatic hydroxyl groups is 1. The molecule has 4 heteroatoms. The Bertz CT molecular complexity index is 299. The molecule has 0 aromatic carbocycles. The number of hydrogen-bond acceptors (Lipinski definition) is 2. The van der Waals surface area contributed by atoms with Gasteiger partial charge in [0.05, 0.1) is 15.6 Å². The predicted molar refractivity (Wildman–Crippen MR) is 79.9 cm³/mol. The first-order chi connectivity index (χ1) is 8.00. The molecule has 0 aromatic rings. The third kappa shape index (κ3) is 3.05. The highest BCUT2D eigenvalue weighted by atomic mass is 79.9. The van der Waals surface area contributed by atoms with E-state index in [4.69, 9.17) is 11.6 Å². The van der Waals surface area contributed by atoms with Crippen LogP contribution in [0.4, 0.5) is 0 Å². The number of alkyl halides is 2. The average molecular weight is 340 g/mol. The summed E-state index contributed by atoms with van der Waals surface area (Å²) < 4.78 is 0.379. The number of allylic oxidation sites excluding steroid dienone is 1. The molecule has 1 aliphatic heterocycles. The van der Waals surface area contributed by atoms with Gasteiger partial charge in [0.15, 0.2) is 0 Å². The highest BCUT2D eigenvalue weighted by molar-refractivity contribution is 9.11. The minimum atomic E-state index is -0.243. The predicted octanol–water partition coefficient (Wildman–Crippen LogP) is 4.03. The van der Waals surface area contributed by atoms with Gasteiger partial charge in [0.2, 0.25) is 0 Å². The summed E-state index contributed by atoms with van der Waals surface area (Å²) in [7, 11) is 0. The lowest BCUT2D eigenvalue weighted by molar-refractivity contribution is 0.0508. The lowest BCUT2D eigenvalue weighted by Crippen LogP contribution is -2.36. The van der Waals surface area contributed by atoms with E-state index >= 15 is 0 Å². The highest BCUT2D eigenvalue weighted by Crippen LogP contribution is 2.49. The zero-order valence-electron chi connectivity index (χ0n) is 10.2. The first-order valence-electron chi connectivity index (χ1n) is 6.30. The first-order valence-corrected chi connectivity index (χ1v) is 8.60. The van der Waals surface area contributed by atoms with Crippen molar-refractivity contribution in [3.8, 4) is 0 Å². The van der Waals surface area contributed by atoms with Crippen LogP contribution < -0.4 is 0 Å². The van der Waals surface area contributed by atoms with Crippen LogP contribution in [0.1, 0.15) is 26.7 Å². The Morgan fingerprint density at radius 1 is 1.35 bits per heavy atom. The molecule has 1 saturated heterocycles. The maximum atomic E-state index is 10.6. The molecular formula is C13H20BrClOS. The van der Waals surface area contributed by atoms with Gasteiger partial charge in [-0.1, -0.05) is 41.9 Å². The normalized spacial score (nSPS) is 48.3. The zero-order chi connectivity index (χ0) is 12.6. The number of halogens is 2. The van der Waals surface area contributed by atoms with E-state index in [1.54, 1.807) is 0 Å². The van der Waals surface area contributed by atoms with Crippen LogP contribution in [0.15, 0.2) is 12.2 Å². The van der Waals surface area contributed by atoms with Crippen LogP contribution in [0.2, 0.25) is 0 Å². The highest BCUT2D eigenvalue weighted by Gasteiger charge is 2.43. The van der Waals surface area contributed by atoms with Crippen molar-refractivity contribution >= 4 is 39.3 Å². The fraction of sp³-hybridized carbons (Fsp3) is 0.846. The second-order valence-electron chi connectivity index (χ2n) is 5.26. The molecule has 0 amide bonds. The van der Waals surface area contributed by atoms with E-state index in [2.05, 4.69) is 35.9 Å². The minimum absolute atomic E-state index is 0.160. The molecule has 0 spiro atoms. The Morgan fingerprint density at radius 3 is 2.53 bits per heavy atom. The maximum absolute atomic E-state index is 10.6. The summed E-state index contributed by atoms with van der Waals surface area (Å²) >= 11 is 11.7. The van der Waals surface area contributed by atoms with Gasteiger partial charge in [-0.2, -0.15) is 0 Å².